The van der Waals surface area contributed by atoms with Crippen LogP contribution >= 0.6 is 11.3 Å². The Kier molecular flexibility index (Phi) is 3.86. The molecule has 4 rings (SSSR count). The highest BCUT2D eigenvalue weighted by Gasteiger charge is 2.26. The predicted octanol–water partition coefficient (Wildman–Crippen LogP) is 5.23. The van der Waals surface area contributed by atoms with Gasteiger partial charge in [0.1, 0.15) is 11.6 Å². The first-order valence-corrected chi connectivity index (χ1v) is 8.37. The minimum absolute atomic E-state index is 0.287. The summed E-state index contributed by atoms with van der Waals surface area (Å²) in [5.74, 6) is -0.564. The molecule has 1 fully saturated rings. The summed E-state index contributed by atoms with van der Waals surface area (Å²) in [5, 5.41) is 5.86. The molecule has 1 aromatic carbocycles. The van der Waals surface area contributed by atoms with Crippen molar-refractivity contribution in [2.45, 2.75) is 18.8 Å². The largest absolute Gasteiger partial charge is 0.451 e. The van der Waals surface area contributed by atoms with Crippen LogP contribution in [0.2, 0.25) is 0 Å². The third-order valence-electron chi connectivity index (χ3n) is 3.62. The molecule has 0 saturated heterocycles. The van der Waals surface area contributed by atoms with E-state index in [1.54, 1.807) is 6.07 Å². The number of pyridine rings is 1. The van der Waals surface area contributed by atoms with Crippen molar-refractivity contribution in [2.75, 3.05) is 5.32 Å². The number of ether oxygens (including phenoxy) is 1. The van der Waals surface area contributed by atoms with Crippen LogP contribution < -0.4 is 10.1 Å². The molecule has 0 spiro atoms. The van der Waals surface area contributed by atoms with Gasteiger partial charge in [0.2, 0.25) is 0 Å². The highest BCUT2D eigenvalue weighted by atomic mass is 32.1. The zero-order valence-electron chi connectivity index (χ0n) is 12.5. The van der Waals surface area contributed by atoms with E-state index in [4.69, 9.17) is 4.74 Å². The molecule has 0 unspecified atom stereocenters. The first-order valence-electron chi connectivity index (χ1n) is 7.49. The maximum atomic E-state index is 13.7. The summed E-state index contributed by atoms with van der Waals surface area (Å²) >= 11 is 1.50. The maximum absolute atomic E-state index is 13.7. The highest BCUT2D eigenvalue weighted by molar-refractivity contribution is 7.13. The molecule has 0 aliphatic heterocycles. The van der Waals surface area contributed by atoms with E-state index >= 15 is 0 Å². The molecule has 1 aliphatic rings. The number of para-hydroxylation sites is 1. The summed E-state index contributed by atoms with van der Waals surface area (Å²) in [4.78, 5) is 8.69. The number of thiazole rings is 1. The van der Waals surface area contributed by atoms with Gasteiger partial charge in [-0.05, 0) is 31.0 Å². The van der Waals surface area contributed by atoms with Crippen LogP contribution in [0.3, 0.4) is 0 Å². The van der Waals surface area contributed by atoms with Crippen molar-refractivity contribution in [2.24, 2.45) is 0 Å². The maximum Gasteiger partial charge on any atom is 0.198 e. The number of anilines is 2. The van der Waals surface area contributed by atoms with E-state index in [0.29, 0.717) is 11.7 Å². The zero-order valence-corrected chi connectivity index (χ0v) is 13.3. The van der Waals surface area contributed by atoms with Crippen LogP contribution in [-0.4, -0.2) is 9.97 Å². The second-order valence-electron chi connectivity index (χ2n) is 5.51. The topological polar surface area (TPSA) is 47.0 Å². The second-order valence-corrected chi connectivity index (χ2v) is 6.36. The van der Waals surface area contributed by atoms with Gasteiger partial charge < -0.3 is 10.1 Å². The Morgan fingerprint density at radius 2 is 1.96 bits per heavy atom. The Balaban J connectivity index is 1.52. The van der Waals surface area contributed by atoms with Crippen LogP contribution in [0.25, 0.3) is 0 Å². The molecule has 4 nitrogen and oxygen atoms in total. The molecule has 1 N–H and O–H groups in total. The van der Waals surface area contributed by atoms with Crippen LogP contribution in [0.1, 0.15) is 24.5 Å². The van der Waals surface area contributed by atoms with Gasteiger partial charge in [0.05, 0.1) is 5.69 Å². The number of aromatic nitrogens is 2. The molecular weight excluding hydrogens is 332 g/mol. The lowest BCUT2D eigenvalue weighted by Gasteiger charge is -2.09. The quantitative estimate of drug-likeness (QED) is 0.688. The molecule has 0 atom stereocenters. The average molecular weight is 345 g/mol. The van der Waals surface area contributed by atoms with Crippen molar-refractivity contribution < 1.29 is 13.5 Å². The van der Waals surface area contributed by atoms with Crippen molar-refractivity contribution >= 4 is 22.3 Å². The number of benzene rings is 1. The minimum atomic E-state index is -0.754. The molecule has 2 heterocycles. The number of hydrogen-bond acceptors (Lipinski definition) is 5. The van der Waals surface area contributed by atoms with Gasteiger partial charge in [-0.1, -0.05) is 6.07 Å². The fourth-order valence-electron chi connectivity index (χ4n) is 2.26. The Morgan fingerprint density at radius 3 is 2.71 bits per heavy atom. The van der Waals surface area contributed by atoms with Gasteiger partial charge in [-0.2, -0.15) is 0 Å². The van der Waals surface area contributed by atoms with E-state index in [9.17, 15) is 8.78 Å². The molecule has 24 heavy (non-hydrogen) atoms. The van der Waals surface area contributed by atoms with Crippen LogP contribution in [0.5, 0.6) is 11.5 Å². The summed E-state index contributed by atoms with van der Waals surface area (Å²) < 4.78 is 32.7. The van der Waals surface area contributed by atoms with Gasteiger partial charge in [-0.25, -0.2) is 18.7 Å². The Hall–Kier alpha value is -2.54. The number of nitrogens with zero attached hydrogens (tertiary/aromatic N) is 2. The lowest BCUT2D eigenvalue weighted by molar-refractivity contribution is 0.407. The van der Waals surface area contributed by atoms with Crippen molar-refractivity contribution in [3.05, 3.63) is 59.2 Å². The fourth-order valence-corrected chi connectivity index (χ4v) is 3.06. The van der Waals surface area contributed by atoms with E-state index in [-0.39, 0.29) is 5.75 Å². The lowest BCUT2D eigenvalue weighted by Crippen LogP contribution is -1.96. The van der Waals surface area contributed by atoms with Gasteiger partial charge >= 0.3 is 0 Å². The molecule has 122 valence electrons. The molecular formula is C17H13F2N3OS. The summed E-state index contributed by atoms with van der Waals surface area (Å²) in [6.07, 6.45) is 3.89. The van der Waals surface area contributed by atoms with Gasteiger partial charge in [-0.3, -0.25) is 0 Å². The third-order valence-corrected chi connectivity index (χ3v) is 4.40. The first kappa shape index (κ1) is 15.0. The number of halogens is 2. The van der Waals surface area contributed by atoms with Crippen LogP contribution in [0, 0.1) is 11.6 Å². The van der Waals surface area contributed by atoms with Crippen molar-refractivity contribution in [3.63, 3.8) is 0 Å². The molecule has 0 bridgehead atoms. The van der Waals surface area contributed by atoms with E-state index in [2.05, 4.69) is 15.3 Å². The van der Waals surface area contributed by atoms with Gasteiger partial charge in [-0.15, -0.1) is 11.3 Å². The molecule has 0 amide bonds. The van der Waals surface area contributed by atoms with E-state index in [1.165, 1.54) is 42.5 Å². The van der Waals surface area contributed by atoms with Crippen molar-refractivity contribution in [1.29, 1.82) is 0 Å². The predicted molar refractivity (Wildman–Crippen MR) is 88.0 cm³/mol. The normalized spacial score (nSPS) is 13.8. The molecule has 2 aromatic heterocycles. The van der Waals surface area contributed by atoms with Crippen LogP contribution in [0.15, 0.2) is 41.9 Å². The average Bonchev–Trinajstić information content (AvgIpc) is 3.32. The van der Waals surface area contributed by atoms with Gasteiger partial charge in [0.15, 0.2) is 22.5 Å². The Labute approximate surface area is 141 Å². The third kappa shape index (κ3) is 3.21. The standard InChI is InChI=1S/C17H13F2N3OS/c18-12-2-1-3-13(19)16(12)23-11-6-7-20-15(8-11)22-17-21-14(9-24-17)10-4-5-10/h1-3,6-10H,4-5H2,(H,20,21,22). The molecule has 1 saturated carbocycles. The van der Waals surface area contributed by atoms with Crippen LogP contribution in [0.4, 0.5) is 19.7 Å². The number of hydrogen-bond donors (Lipinski definition) is 1. The summed E-state index contributed by atoms with van der Waals surface area (Å²) in [5.41, 5.74) is 1.10. The lowest BCUT2D eigenvalue weighted by atomic mass is 10.3. The van der Waals surface area contributed by atoms with E-state index < -0.39 is 17.4 Å². The minimum Gasteiger partial charge on any atom is -0.451 e. The van der Waals surface area contributed by atoms with E-state index in [0.717, 1.165) is 23.0 Å². The first-order chi connectivity index (χ1) is 11.7. The fraction of sp³-hybridized carbons (Fsp3) is 0.176. The summed E-state index contributed by atoms with van der Waals surface area (Å²) in [6, 6.07) is 6.69. The Morgan fingerprint density at radius 1 is 1.17 bits per heavy atom. The summed E-state index contributed by atoms with van der Waals surface area (Å²) in [7, 11) is 0. The second kappa shape index (κ2) is 6.16. The zero-order chi connectivity index (χ0) is 16.5. The molecule has 7 heteroatoms. The van der Waals surface area contributed by atoms with Crippen molar-refractivity contribution in [1.82, 2.24) is 9.97 Å². The van der Waals surface area contributed by atoms with Crippen LogP contribution in [-0.2, 0) is 0 Å². The number of nitrogens with one attached hydrogen (secondary N) is 1. The molecule has 0 radical (unpaired) electrons. The molecule has 1 aliphatic carbocycles. The van der Waals surface area contributed by atoms with E-state index in [1.807, 2.05) is 5.38 Å². The summed E-state index contributed by atoms with van der Waals surface area (Å²) in [6.45, 7) is 0. The van der Waals surface area contributed by atoms with Gasteiger partial charge in [0.25, 0.3) is 0 Å². The SMILES string of the molecule is Fc1cccc(F)c1Oc1ccnc(Nc2nc(C3CC3)cs2)c1. The monoisotopic (exact) mass is 345 g/mol. The number of rotatable bonds is 5. The molecule has 3 aromatic rings. The smallest absolute Gasteiger partial charge is 0.198 e. The highest BCUT2D eigenvalue weighted by Crippen LogP contribution is 2.41. The van der Waals surface area contributed by atoms with Gasteiger partial charge in [0, 0.05) is 23.6 Å². The van der Waals surface area contributed by atoms with Crippen molar-refractivity contribution in [3.8, 4) is 11.5 Å². The Bertz CT molecular complexity index is 860.